The van der Waals surface area contributed by atoms with Crippen LogP contribution in [-0.4, -0.2) is 4.98 Å². The first kappa shape index (κ1) is 11.9. The van der Waals surface area contributed by atoms with Crippen molar-refractivity contribution in [3.8, 4) is 0 Å². The lowest BCUT2D eigenvalue weighted by molar-refractivity contribution is 0.626. The number of nitrogens with zero attached hydrogens (tertiary/aromatic N) is 1. The molecule has 0 radical (unpaired) electrons. The minimum Gasteiger partial charge on any atom is -0.247 e. The van der Waals surface area contributed by atoms with Crippen LogP contribution in [0.5, 0.6) is 0 Å². The van der Waals surface area contributed by atoms with Gasteiger partial charge in [-0.05, 0) is 46.3 Å². The van der Waals surface area contributed by atoms with E-state index < -0.39 is 0 Å². The van der Waals surface area contributed by atoms with Gasteiger partial charge in [-0.2, -0.15) is 0 Å². The number of pyridine rings is 1. The second-order valence-electron chi connectivity index (χ2n) is 3.00. The third-order valence-corrected chi connectivity index (χ3v) is 3.90. The standard InChI is InChI=1S/C11H6BrClFNS/c12-10-5-7(13)6-15-11(10)16-9-3-1-8(14)2-4-9/h1-6H. The Labute approximate surface area is 110 Å². The first-order valence-corrected chi connectivity index (χ1v) is 6.38. The molecule has 0 atom stereocenters. The van der Waals surface area contributed by atoms with Gasteiger partial charge in [-0.15, -0.1) is 0 Å². The Hall–Kier alpha value is -0.580. The topological polar surface area (TPSA) is 12.9 Å². The van der Waals surface area contributed by atoms with Crippen molar-refractivity contribution in [3.63, 3.8) is 0 Å². The highest BCUT2D eigenvalue weighted by Crippen LogP contribution is 2.32. The lowest BCUT2D eigenvalue weighted by Gasteiger charge is -2.03. The van der Waals surface area contributed by atoms with Crippen LogP contribution in [0.2, 0.25) is 5.02 Å². The molecule has 0 N–H and O–H groups in total. The molecule has 0 fully saturated rings. The third kappa shape index (κ3) is 2.97. The molecule has 0 aliphatic carbocycles. The molecule has 0 bridgehead atoms. The van der Waals surface area contributed by atoms with Crippen molar-refractivity contribution in [3.05, 3.63) is 51.8 Å². The molecule has 2 aromatic rings. The van der Waals surface area contributed by atoms with Crippen molar-refractivity contribution in [2.45, 2.75) is 9.92 Å². The summed E-state index contributed by atoms with van der Waals surface area (Å²) in [6.45, 7) is 0. The van der Waals surface area contributed by atoms with Crippen LogP contribution < -0.4 is 0 Å². The highest BCUT2D eigenvalue weighted by Gasteiger charge is 2.04. The van der Waals surface area contributed by atoms with Crippen LogP contribution in [0.4, 0.5) is 4.39 Å². The maximum Gasteiger partial charge on any atom is 0.123 e. The Kier molecular flexibility index (Phi) is 3.84. The lowest BCUT2D eigenvalue weighted by atomic mass is 10.4. The zero-order valence-electron chi connectivity index (χ0n) is 7.95. The lowest BCUT2D eigenvalue weighted by Crippen LogP contribution is -1.82. The van der Waals surface area contributed by atoms with Gasteiger partial charge >= 0.3 is 0 Å². The van der Waals surface area contributed by atoms with E-state index in [0.29, 0.717) is 5.02 Å². The van der Waals surface area contributed by atoms with Crippen molar-refractivity contribution in [2.75, 3.05) is 0 Å². The van der Waals surface area contributed by atoms with E-state index in [-0.39, 0.29) is 5.82 Å². The molecule has 0 amide bonds. The van der Waals surface area contributed by atoms with E-state index in [2.05, 4.69) is 20.9 Å². The molecule has 1 nitrogen and oxygen atoms in total. The number of benzene rings is 1. The summed E-state index contributed by atoms with van der Waals surface area (Å²) in [7, 11) is 0. The maximum absolute atomic E-state index is 12.7. The summed E-state index contributed by atoms with van der Waals surface area (Å²) < 4.78 is 13.5. The predicted molar refractivity (Wildman–Crippen MR) is 67.5 cm³/mol. The molecule has 16 heavy (non-hydrogen) atoms. The van der Waals surface area contributed by atoms with Crippen LogP contribution in [0.3, 0.4) is 0 Å². The van der Waals surface area contributed by atoms with Gasteiger partial charge in [0.25, 0.3) is 0 Å². The van der Waals surface area contributed by atoms with Crippen molar-refractivity contribution >= 4 is 39.3 Å². The van der Waals surface area contributed by atoms with E-state index in [1.54, 1.807) is 24.4 Å². The zero-order chi connectivity index (χ0) is 11.5. The number of hydrogen-bond donors (Lipinski definition) is 0. The molecule has 0 unspecified atom stereocenters. The van der Waals surface area contributed by atoms with E-state index in [1.807, 2.05) is 0 Å². The Morgan fingerprint density at radius 3 is 2.56 bits per heavy atom. The number of aromatic nitrogens is 1. The van der Waals surface area contributed by atoms with Crippen molar-refractivity contribution in [1.82, 2.24) is 4.98 Å². The van der Waals surface area contributed by atoms with Gasteiger partial charge < -0.3 is 0 Å². The summed E-state index contributed by atoms with van der Waals surface area (Å²) in [6.07, 6.45) is 1.58. The Morgan fingerprint density at radius 2 is 1.94 bits per heavy atom. The molecule has 0 saturated heterocycles. The summed E-state index contributed by atoms with van der Waals surface area (Å²) >= 11 is 10.6. The molecule has 0 aliphatic heterocycles. The maximum atomic E-state index is 12.7. The molecular weight excluding hydrogens is 313 g/mol. The Bertz CT molecular complexity index is 504. The largest absolute Gasteiger partial charge is 0.247 e. The fourth-order valence-corrected chi connectivity index (χ4v) is 2.73. The van der Waals surface area contributed by atoms with Crippen LogP contribution in [0.15, 0.2) is 50.9 Å². The first-order chi connectivity index (χ1) is 7.65. The van der Waals surface area contributed by atoms with Crippen molar-refractivity contribution < 1.29 is 4.39 Å². The summed E-state index contributed by atoms with van der Waals surface area (Å²) in [5.74, 6) is -0.243. The first-order valence-electron chi connectivity index (χ1n) is 4.39. The summed E-state index contributed by atoms with van der Waals surface area (Å²) in [5, 5.41) is 1.38. The second kappa shape index (κ2) is 5.17. The molecule has 1 aromatic carbocycles. The van der Waals surface area contributed by atoms with Crippen LogP contribution >= 0.6 is 39.3 Å². The van der Waals surface area contributed by atoms with E-state index in [0.717, 1.165) is 14.4 Å². The van der Waals surface area contributed by atoms with Crippen molar-refractivity contribution in [2.24, 2.45) is 0 Å². The Morgan fingerprint density at radius 1 is 1.25 bits per heavy atom. The fraction of sp³-hybridized carbons (Fsp3) is 0. The van der Waals surface area contributed by atoms with Gasteiger partial charge in [-0.3, -0.25) is 0 Å². The van der Waals surface area contributed by atoms with Crippen LogP contribution in [0.1, 0.15) is 0 Å². The quantitative estimate of drug-likeness (QED) is 0.790. The van der Waals surface area contributed by atoms with Crippen LogP contribution in [0, 0.1) is 5.82 Å². The van der Waals surface area contributed by atoms with Gasteiger partial charge in [-0.1, -0.05) is 23.4 Å². The molecular formula is C11H6BrClFNS. The van der Waals surface area contributed by atoms with Gasteiger partial charge in [0, 0.05) is 11.1 Å². The average Bonchev–Trinajstić information content (AvgIpc) is 2.25. The molecule has 82 valence electrons. The number of rotatable bonds is 2. The Balaban J connectivity index is 2.23. The highest BCUT2D eigenvalue weighted by molar-refractivity contribution is 9.10. The van der Waals surface area contributed by atoms with Gasteiger partial charge in [0.2, 0.25) is 0 Å². The van der Waals surface area contributed by atoms with E-state index in [9.17, 15) is 4.39 Å². The van der Waals surface area contributed by atoms with E-state index in [4.69, 9.17) is 11.6 Å². The van der Waals surface area contributed by atoms with Crippen LogP contribution in [0.25, 0.3) is 0 Å². The fourth-order valence-electron chi connectivity index (χ4n) is 1.09. The molecule has 2 rings (SSSR count). The summed E-state index contributed by atoms with van der Waals surface area (Å²) in [4.78, 5) is 5.11. The van der Waals surface area contributed by atoms with Crippen LogP contribution in [-0.2, 0) is 0 Å². The predicted octanol–water partition coefficient (Wildman–Crippen LogP) is 4.79. The number of hydrogen-bond acceptors (Lipinski definition) is 2. The highest BCUT2D eigenvalue weighted by atomic mass is 79.9. The number of halogens is 3. The molecule has 0 aliphatic rings. The van der Waals surface area contributed by atoms with E-state index >= 15 is 0 Å². The average molecular weight is 319 g/mol. The molecule has 1 aromatic heterocycles. The monoisotopic (exact) mass is 317 g/mol. The molecule has 0 spiro atoms. The zero-order valence-corrected chi connectivity index (χ0v) is 11.1. The van der Waals surface area contributed by atoms with Crippen molar-refractivity contribution in [1.29, 1.82) is 0 Å². The van der Waals surface area contributed by atoms with Gasteiger partial charge in [0.15, 0.2) is 0 Å². The van der Waals surface area contributed by atoms with Gasteiger partial charge in [0.1, 0.15) is 10.8 Å². The minimum atomic E-state index is -0.243. The third-order valence-electron chi connectivity index (χ3n) is 1.80. The van der Waals surface area contributed by atoms with Gasteiger partial charge in [0.05, 0.1) is 9.50 Å². The van der Waals surface area contributed by atoms with Gasteiger partial charge in [-0.25, -0.2) is 9.37 Å². The SMILES string of the molecule is Fc1ccc(Sc2ncc(Cl)cc2Br)cc1. The molecule has 0 saturated carbocycles. The minimum absolute atomic E-state index is 0.243. The second-order valence-corrected chi connectivity index (χ2v) is 5.35. The molecule has 1 heterocycles. The smallest absolute Gasteiger partial charge is 0.123 e. The summed E-state index contributed by atoms with van der Waals surface area (Å²) in [6, 6.07) is 8.05. The summed E-state index contributed by atoms with van der Waals surface area (Å²) in [5.41, 5.74) is 0. The molecule has 5 heteroatoms. The van der Waals surface area contributed by atoms with E-state index in [1.165, 1.54) is 23.9 Å². The normalized spacial score (nSPS) is 10.4.